The van der Waals surface area contributed by atoms with Crippen LogP contribution in [0.25, 0.3) is 0 Å². The molecule has 0 aliphatic carbocycles. The Bertz CT molecular complexity index is 1480. The van der Waals surface area contributed by atoms with Crippen molar-refractivity contribution in [3.63, 3.8) is 0 Å². The maximum absolute atomic E-state index is 12.2. The lowest BCUT2D eigenvalue weighted by atomic mass is 10.0. The Morgan fingerprint density at radius 3 is 0.986 bits per heavy atom. The van der Waals surface area contributed by atoms with Crippen molar-refractivity contribution in [3.05, 3.63) is 60.8 Å². The fraction of sp³-hybridized carbons (Fsp3) is 0.774. The Hall–Kier alpha value is -2.26. The lowest BCUT2D eigenvalue weighted by Gasteiger charge is -2.19. The minimum absolute atomic E-state index is 0.155. The molecule has 0 aromatic carbocycles. The molecule has 0 saturated carbocycles. The number of unbranched alkanes of at least 4 members (excludes halogenated alkanes) is 21. The normalized spacial score (nSPS) is 15.4. The largest absolute Gasteiger partial charge is 0.472 e. The summed E-state index contributed by atoms with van der Waals surface area (Å²) < 4.78 is 53.1. The van der Waals surface area contributed by atoms with E-state index in [0.29, 0.717) is 12.8 Å². The van der Waals surface area contributed by atoms with Crippen LogP contribution in [-0.2, 0) is 46.3 Å². The average Bonchev–Trinajstić information content (AvgIpc) is 3.34. The number of hydrogen-bond acceptors (Lipinski definition) is 13. The van der Waals surface area contributed by atoms with E-state index >= 15 is 0 Å². The van der Waals surface area contributed by atoms with Crippen LogP contribution in [-0.4, -0.2) is 95.0 Å². The molecule has 0 aromatic rings. The molecule has 0 aliphatic rings. The van der Waals surface area contributed by atoms with Crippen molar-refractivity contribution >= 4 is 27.6 Å². The molecule has 0 fully saturated rings. The van der Waals surface area contributed by atoms with Crippen LogP contribution in [0.15, 0.2) is 60.8 Å². The highest BCUT2D eigenvalue weighted by Gasteiger charge is 2.28. The monoisotopic (exact) mass is 1030 g/mol. The average molecular weight is 1040 g/mol. The number of phosphoric acid groups is 2. The van der Waals surface area contributed by atoms with Crippen LogP contribution < -0.4 is 0 Å². The quantitative estimate of drug-likeness (QED) is 0.0165. The first-order chi connectivity index (χ1) is 33.8. The fourth-order valence-electron chi connectivity index (χ4n) is 6.89. The minimum atomic E-state index is -4.80. The second kappa shape index (κ2) is 49.0. The zero-order chi connectivity index (χ0) is 51.7. The zero-order valence-electron chi connectivity index (χ0n) is 43.2. The van der Waals surface area contributed by atoms with Crippen molar-refractivity contribution in [2.75, 3.05) is 39.6 Å². The molecule has 0 heterocycles. The van der Waals surface area contributed by atoms with E-state index in [-0.39, 0.29) is 12.8 Å². The standard InChI is InChI=1S/C53H96O15P2/c1-3-5-7-9-11-13-15-17-19-21-23-25-27-29-31-33-35-37-39-41-52(57)63-43-49(54)45-65-69(59,60)67-47-51(56)48-68-70(61,62)66-46-50(55)44-64-53(58)42-40-38-36-34-32-30-28-26-24-22-20-18-16-14-12-10-8-6-4-2/h5,7,11,13,17,19,23,25,29,31,49-51,54-56H,3-4,6,8-10,12,14-16,18,20-22,24,26-28,30,32-48H2,1-2H3,(H,59,60)(H,61,62)/b7-5-,13-11-,19-17-,25-23-,31-29-. The Morgan fingerprint density at radius 1 is 0.386 bits per heavy atom. The van der Waals surface area contributed by atoms with Gasteiger partial charge in [0.2, 0.25) is 0 Å². The van der Waals surface area contributed by atoms with Gasteiger partial charge in [0.15, 0.2) is 0 Å². The summed E-state index contributed by atoms with van der Waals surface area (Å²) in [4.78, 5) is 43.9. The number of rotatable bonds is 51. The van der Waals surface area contributed by atoms with Crippen LogP contribution in [0.4, 0.5) is 0 Å². The summed E-state index contributed by atoms with van der Waals surface area (Å²) in [5.74, 6) is -1.02. The predicted molar refractivity (Wildman–Crippen MR) is 279 cm³/mol. The van der Waals surface area contributed by atoms with E-state index in [1.807, 2.05) is 0 Å². The smallest absolute Gasteiger partial charge is 0.463 e. The third-order valence-electron chi connectivity index (χ3n) is 11.0. The third kappa shape index (κ3) is 50.7. The van der Waals surface area contributed by atoms with Gasteiger partial charge in [0.1, 0.15) is 31.5 Å². The van der Waals surface area contributed by atoms with Gasteiger partial charge in [-0.15, -0.1) is 0 Å². The lowest BCUT2D eigenvalue weighted by Crippen LogP contribution is -2.25. The molecule has 0 aliphatic heterocycles. The van der Waals surface area contributed by atoms with E-state index in [1.165, 1.54) is 96.3 Å². The first-order valence-electron chi connectivity index (χ1n) is 26.6. The van der Waals surface area contributed by atoms with Crippen LogP contribution in [0.2, 0.25) is 0 Å². The Balaban J connectivity index is 3.87. The molecule has 0 bridgehead atoms. The highest BCUT2D eigenvalue weighted by Crippen LogP contribution is 2.45. The van der Waals surface area contributed by atoms with Crippen LogP contribution in [0.3, 0.4) is 0 Å². The number of aliphatic hydroxyl groups excluding tert-OH is 3. The van der Waals surface area contributed by atoms with Crippen molar-refractivity contribution in [1.82, 2.24) is 0 Å². The molecule has 5 unspecified atom stereocenters. The number of carbonyl (C=O) groups is 2. The maximum Gasteiger partial charge on any atom is 0.472 e. The topological polar surface area (TPSA) is 225 Å². The van der Waals surface area contributed by atoms with Gasteiger partial charge in [-0.1, -0.05) is 197 Å². The number of hydrogen-bond donors (Lipinski definition) is 5. The predicted octanol–water partition coefficient (Wildman–Crippen LogP) is 12.9. The maximum atomic E-state index is 12.2. The number of aliphatic hydroxyl groups is 3. The van der Waals surface area contributed by atoms with E-state index in [2.05, 4.69) is 88.2 Å². The van der Waals surface area contributed by atoms with Gasteiger partial charge in [-0.25, -0.2) is 9.13 Å². The summed E-state index contributed by atoms with van der Waals surface area (Å²) in [6, 6.07) is 0. The van der Waals surface area contributed by atoms with Crippen molar-refractivity contribution in [1.29, 1.82) is 0 Å². The van der Waals surface area contributed by atoms with Crippen molar-refractivity contribution in [2.24, 2.45) is 0 Å². The van der Waals surface area contributed by atoms with Crippen LogP contribution >= 0.6 is 15.6 Å². The summed E-state index contributed by atoms with van der Waals surface area (Å²) in [6.45, 7) is 0.296. The SMILES string of the molecule is CC/C=C\C/C=C\C/C=C\C/C=C\C/C=C\CCCCCC(=O)OCC(O)COP(=O)(O)OCC(O)COP(=O)(O)OCC(O)COC(=O)CCCCCCCCCCCCCCCCCCCCC. The summed E-state index contributed by atoms with van der Waals surface area (Å²) >= 11 is 0. The highest BCUT2D eigenvalue weighted by molar-refractivity contribution is 7.47. The molecule has 0 rings (SSSR count). The third-order valence-corrected chi connectivity index (χ3v) is 12.9. The Labute approximate surface area is 422 Å². The van der Waals surface area contributed by atoms with Gasteiger partial charge in [-0.3, -0.25) is 27.7 Å². The first kappa shape index (κ1) is 67.7. The van der Waals surface area contributed by atoms with Crippen molar-refractivity contribution < 1.29 is 71.4 Å². The van der Waals surface area contributed by atoms with Crippen molar-refractivity contribution in [2.45, 2.75) is 225 Å². The lowest BCUT2D eigenvalue weighted by molar-refractivity contribution is -0.148. The second-order valence-electron chi connectivity index (χ2n) is 17.9. The van der Waals surface area contributed by atoms with Crippen LogP contribution in [0.1, 0.15) is 206 Å². The molecule has 5 N–H and O–H groups in total. The first-order valence-corrected chi connectivity index (χ1v) is 29.6. The molecular weight excluding hydrogens is 939 g/mol. The van der Waals surface area contributed by atoms with Gasteiger partial charge in [0, 0.05) is 12.8 Å². The zero-order valence-corrected chi connectivity index (χ0v) is 45.0. The van der Waals surface area contributed by atoms with E-state index in [0.717, 1.165) is 70.6 Å². The molecular formula is C53H96O15P2. The number of phosphoric ester groups is 2. The van der Waals surface area contributed by atoms with Gasteiger partial charge in [-0.05, 0) is 57.8 Å². The molecule has 0 saturated heterocycles. The van der Waals surface area contributed by atoms with Gasteiger partial charge in [-0.2, -0.15) is 0 Å². The Morgan fingerprint density at radius 2 is 0.657 bits per heavy atom. The fourth-order valence-corrected chi connectivity index (χ4v) is 8.48. The van der Waals surface area contributed by atoms with E-state index < -0.39 is 85.5 Å². The molecule has 15 nitrogen and oxygen atoms in total. The van der Waals surface area contributed by atoms with Crippen LogP contribution in [0, 0.1) is 0 Å². The number of esters is 2. The van der Waals surface area contributed by atoms with Gasteiger partial charge >= 0.3 is 27.6 Å². The summed E-state index contributed by atoms with van der Waals surface area (Å²) in [5.41, 5.74) is 0. The van der Waals surface area contributed by atoms with Gasteiger partial charge in [0.25, 0.3) is 0 Å². The van der Waals surface area contributed by atoms with Gasteiger partial charge in [0.05, 0.1) is 26.4 Å². The molecule has 70 heavy (non-hydrogen) atoms. The molecule has 0 amide bonds. The van der Waals surface area contributed by atoms with Gasteiger partial charge < -0.3 is 34.6 Å². The van der Waals surface area contributed by atoms with Crippen LogP contribution in [0.5, 0.6) is 0 Å². The number of ether oxygens (including phenoxy) is 2. The van der Waals surface area contributed by atoms with E-state index in [1.54, 1.807) is 0 Å². The van der Waals surface area contributed by atoms with Crippen molar-refractivity contribution in [3.8, 4) is 0 Å². The number of carbonyl (C=O) groups excluding carboxylic acids is 2. The molecule has 0 radical (unpaired) electrons. The molecule has 408 valence electrons. The van der Waals surface area contributed by atoms with E-state index in [9.17, 15) is 43.8 Å². The Kier molecular flexibility index (Phi) is 47.4. The summed E-state index contributed by atoms with van der Waals surface area (Å²) in [6.07, 6.45) is 49.2. The highest BCUT2D eigenvalue weighted by atomic mass is 31.2. The minimum Gasteiger partial charge on any atom is -0.463 e. The second-order valence-corrected chi connectivity index (χ2v) is 20.8. The summed E-state index contributed by atoms with van der Waals surface area (Å²) in [5, 5.41) is 30.1. The number of allylic oxidation sites excluding steroid dienone is 10. The van der Waals surface area contributed by atoms with E-state index in [4.69, 9.17) is 14.0 Å². The molecule has 5 atom stereocenters. The summed E-state index contributed by atoms with van der Waals surface area (Å²) in [7, 11) is -9.59. The molecule has 0 spiro atoms. The molecule has 0 aromatic heterocycles. The molecule has 17 heteroatoms.